The van der Waals surface area contributed by atoms with Gasteiger partial charge in [-0.05, 0) is 38.5 Å². The Bertz CT molecular complexity index is 550. The van der Waals surface area contributed by atoms with Crippen LogP contribution in [0.5, 0.6) is 5.75 Å². The molecule has 0 aliphatic rings. The van der Waals surface area contributed by atoms with Crippen molar-refractivity contribution in [3.8, 4) is 5.75 Å². The molecule has 5 heteroatoms. The molecule has 0 aliphatic carbocycles. The van der Waals surface area contributed by atoms with Gasteiger partial charge in [0.25, 0.3) is 0 Å². The maximum Gasteiger partial charge on any atom is 0.120 e. The van der Waals surface area contributed by atoms with Gasteiger partial charge in [0.2, 0.25) is 0 Å². The van der Waals surface area contributed by atoms with E-state index in [-0.39, 0.29) is 12.1 Å². The van der Waals surface area contributed by atoms with Crippen molar-refractivity contribution >= 4 is 0 Å². The number of aromatic nitrogens is 3. The first-order chi connectivity index (χ1) is 9.54. The normalized spacial score (nSPS) is 12.7. The first-order valence-corrected chi connectivity index (χ1v) is 6.90. The van der Waals surface area contributed by atoms with E-state index in [0.717, 1.165) is 11.4 Å². The highest BCUT2D eigenvalue weighted by Gasteiger charge is 2.08. The molecule has 1 N–H and O–H groups in total. The van der Waals surface area contributed by atoms with E-state index in [0.29, 0.717) is 6.54 Å². The van der Waals surface area contributed by atoms with E-state index in [2.05, 4.69) is 34.7 Å². The van der Waals surface area contributed by atoms with Crippen molar-refractivity contribution in [1.82, 2.24) is 20.3 Å². The van der Waals surface area contributed by atoms with Crippen molar-refractivity contribution in [1.29, 1.82) is 0 Å². The van der Waals surface area contributed by atoms with E-state index >= 15 is 0 Å². The van der Waals surface area contributed by atoms with Crippen LogP contribution in [0.1, 0.15) is 38.1 Å². The van der Waals surface area contributed by atoms with Gasteiger partial charge in [0, 0.05) is 25.8 Å². The van der Waals surface area contributed by atoms with Crippen LogP contribution in [0.4, 0.5) is 0 Å². The fourth-order valence-corrected chi connectivity index (χ4v) is 1.98. The summed E-state index contributed by atoms with van der Waals surface area (Å²) in [6, 6.07) is 8.41. The number of rotatable bonds is 6. The van der Waals surface area contributed by atoms with E-state index < -0.39 is 0 Å². The van der Waals surface area contributed by atoms with Gasteiger partial charge >= 0.3 is 0 Å². The molecule has 1 aromatic heterocycles. The van der Waals surface area contributed by atoms with Crippen molar-refractivity contribution in [2.75, 3.05) is 0 Å². The minimum atomic E-state index is 0.188. The second kappa shape index (κ2) is 6.52. The number of hydrogen-bond donors (Lipinski definition) is 1. The first kappa shape index (κ1) is 14.5. The summed E-state index contributed by atoms with van der Waals surface area (Å²) in [5.74, 6) is 0.908. The van der Waals surface area contributed by atoms with Crippen LogP contribution in [0.15, 0.2) is 30.5 Å². The van der Waals surface area contributed by atoms with Gasteiger partial charge in [-0.2, -0.15) is 0 Å². The molecule has 0 spiro atoms. The van der Waals surface area contributed by atoms with Gasteiger partial charge in [-0.15, -0.1) is 5.10 Å². The molecule has 1 unspecified atom stereocenters. The van der Waals surface area contributed by atoms with E-state index in [1.54, 1.807) is 4.68 Å². The second-order valence-electron chi connectivity index (χ2n) is 5.23. The smallest absolute Gasteiger partial charge is 0.120 e. The minimum absolute atomic E-state index is 0.188. The average Bonchev–Trinajstić information content (AvgIpc) is 2.81. The summed E-state index contributed by atoms with van der Waals surface area (Å²) in [4.78, 5) is 0. The third kappa shape index (κ3) is 4.06. The average molecular weight is 274 g/mol. The first-order valence-electron chi connectivity index (χ1n) is 6.90. The lowest BCUT2D eigenvalue weighted by molar-refractivity contribution is 0.242. The van der Waals surface area contributed by atoms with E-state index in [1.165, 1.54) is 5.56 Å². The van der Waals surface area contributed by atoms with Crippen LogP contribution in [0.3, 0.4) is 0 Å². The molecule has 0 saturated carbocycles. The highest BCUT2D eigenvalue weighted by atomic mass is 16.5. The van der Waals surface area contributed by atoms with Crippen LogP contribution in [-0.2, 0) is 13.6 Å². The molecule has 0 bridgehead atoms. The number of aryl methyl sites for hydroxylation is 1. The van der Waals surface area contributed by atoms with Gasteiger partial charge in [0.1, 0.15) is 5.75 Å². The molecule has 1 aromatic carbocycles. The summed E-state index contributed by atoms with van der Waals surface area (Å²) in [6.45, 7) is 6.89. The Hall–Kier alpha value is -1.88. The van der Waals surface area contributed by atoms with Crippen LogP contribution in [0.25, 0.3) is 0 Å². The van der Waals surface area contributed by atoms with Gasteiger partial charge in [0.15, 0.2) is 0 Å². The molecule has 5 nitrogen and oxygen atoms in total. The SMILES string of the molecule is CC(C)Oc1cccc(C(C)NCc2cn(C)nn2)c1. The molecule has 1 atom stereocenters. The highest BCUT2D eigenvalue weighted by molar-refractivity contribution is 5.30. The maximum absolute atomic E-state index is 5.72. The minimum Gasteiger partial charge on any atom is -0.491 e. The van der Waals surface area contributed by atoms with Crippen molar-refractivity contribution in [2.24, 2.45) is 7.05 Å². The van der Waals surface area contributed by atoms with E-state index in [9.17, 15) is 0 Å². The Labute approximate surface area is 120 Å². The van der Waals surface area contributed by atoms with E-state index in [4.69, 9.17) is 4.74 Å². The molecular formula is C15H22N4O. The van der Waals surface area contributed by atoms with Crippen LogP contribution in [0, 0.1) is 0 Å². The van der Waals surface area contributed by atoms with Crippen LogP contribution >= 0.6 is 0 Å². The third-order valence-corrected chi connectivity index (χ3v) is 2.97. The molecule has 20 heavy (non-hydrogen) atoms. The van der Waals surface area contributed by atoms with Gasteiger partial charge in [-0.1, -0.05) is 17.3 Å². The summed E-state index contributed by atoms with van der Waals surface area (Å²) in [6.07, 6.45) is 2.10. The topological polar surface area (TPSA) is 52.0 Å². The Kier molecular flexibility index (Phi) is 4.74. The number of nitrogens with zero attached hydrogens (tertiary/aromatic N) is 3. The molecule has 0 saturated heterocycles. The van der Waals surface area contributed by atoms with Crippen molar-refractivity contribution < 1.29 is 4.74 Å². The monoisotopic (exact) mass is 274 g/mol. The summed E-state index contributed by atoms with van der Waals surface area (Å²) in [7, 11) is 1.87. The number of benzene rings is 1. The van der Waals surface area contributed by atoms with Gasteiger partial charge in [-0.25, -0.2) is 0 Å². The zero-order valence-electron chi connectivity index (χ0n) is 12.5. The van der Waals surface area contributed by atoms with Gasteiger partial charge in [-0.3, -0.25) is 4.68 Å². The largest absolute Gasteiger partial charge is 0.491 e. The van der Waals surface area contributed by atoms with E-state index in [1.807, 2.05) is 39.2 Å². The molecule has 2 aromatic rings. The lowest BCUT2D eigenvalue weighted by Gasteiger charge is -2.16. The summed E-state index contributed by atoms with van der Waals surface area (Å²) >= 11 is 0. The molecule has 0 amide bonds. The predicted molar refractivity (Wildman–Crippen MR) is 78.5 cm³/mol. The summed E-state index contributed by atoms with van der Waals surface area (Å²) in [5, 5.41) is 11.4. The van der Waals surface area contributed by atoms with Crippen molar-refractivity contribution in [3.63, 3.8) is 0 Å². The number of hydrogen-bond acceptors (Lipinski definition) is 4. The lowest BCUT2D eigenvalue weighted by Crippen LogP contribution is -2.18. The predicted octanol–water partition coefficient (Wildman–Crippen LogP) is 2.45. The fourth-order valence-electron chi connectivity index (χ4n) is 1.98. The second-order valence-corrected chi connectivity index (χ2v) is 5.23. The Morgan fingerprint density at radius 3 is 2.75 bits per heavy atom. The Morgan fingerprint density at radius 2 is 2.10 bits per heavy atom. The van der Waals surface area contributed by atoms with Crippen LogP contribution in [-0.4, -0.2) is 21.1 Å². The molecule has 0 radical (unpaired) electrons. The fraction of sp³-hybridized carbons (Fsp3) is 0.467. The molecule has 0 aliphatic heterocycles. The Balaban J connectivity index is 1.96. The molecule has 108 valence electrons. The maximum atomic E-state index is 5.72. The Morgan fingerprint density at radius 1 is 1.30 bits per heavy atom. The number of ether oxygens (including phenoxy) is 1. The standard InChI is InChI=1S/C15H22N4O/c1-11(2)20-15-7-5-6-13(8-15)12(3)16-9-14-10-19(4)18-17-14/h5-8,10-12,16H,9H2,1-4H3. The summed E-state index contributed by atoms with van der Waals surface area (Å²) in [5.41, 5.74) is 2.14. The molecular weight excluding hydrogens is 252 g/mol. The molecule has 1 heterocycles. The van der Waals surface area contributed by atoms with Crippen LogP contribution in [0.2, 0.25) is 0 Å². The highest BCUT2D eigenvalue weighted by Crippen LogP contribution is 2.20. The summed E-state index contributed by atoms with van der Waals surface area (Å²) < 4.78 is 7.42. The van der Waals surface area contributed by atoms with Crippen molar-refractivity contribution in [3.05, 3.63) is 41.7 Å². The molecule has 2 rings (SSSR count). The quantitative estimate of drug-likeness (QED) is 0.879. The van der Waals surface area contributed by atoms with Gasteiger partial charge < -0.3 is 10.1 Å². The van der Waals surface area contributed by atoms with Crippen molar-refractivity contribution in [2.45, 2.75) is 39.5 Å². The zero-order chi connectivity index (χ0) is 14.5. The molecule has 0 fully saturated rings. The van der Waals surface area contributed by atoms with Crippen LogP contribution < -0.4 is 10.1 Å². The number of nitrogens with one attached hydrogen (secondary N) is 1. The van der Waals surface area contributed by atoms with Gasteiger partial charge in [0.05, 0.1) is 11.8 Å². The third-order valence-electron chi connectivity index (χ3n) is 2.97. The lowest BCUT2D eigenvalue weighted by atomic mass is 10.1. The zero-order valence-corrected chi connectivity index (χ0v) is 12.5.